The molecule has 0 amide bonds. The van der Waals surface area contributed by atoms with Crippen molar-refractivity contribution in [2.75, 3.05) is 0 Å². The largest absolute Gasteiger partial charge is 0.309 e. The topological polar surface area (TPSA) is 48.5 Å². The molecule has 4 heterocycles. The average Bonchev–Trinajstić information content (AvgIpc) is 4.07. The highest BCUT2D eigenvalue weighted by Gasteiger charge is 2.27. The SMILES string of the molecule is c1ccc(-n2c3ccccc3c3cc(-c4nc(-c5cccc6ccccc56)nc(-c5c(-n6c7ccccc7c7cc8ccccc8cc76)c6c7ccccc7sc6c6ccccc56)n4)ccc32)cc1. The molecule has 0 aliphatic carbocycles. The van der Waals surface area contributed by atoms with Gasteiger partial charge in [-0.25, -0.2) is 15.0 Å². The minimum Gasteiger partial charge on any atom is -0.309 e. The first-order valence-corrected chi connectivity index (χ1v) is 24.2. The first-order chi connectivity index (χ1) is 34.2. The number of hydrogen-bond acceptors (Lipinski definition) is 4. The predicted molar refractivity (Wildman–Crippen MR) is 290 cm³/mol. The zero-order valence-electron chi connectivity index (χ0n) is 37.0. The Balaban J connectivity index is 1.11. The fourth-order valence-electron chi connectivity index (χ4n) is 11.1. The second-order valence-electron chi connectivity index (χ2n) is 17.9. The van der Waals surface area contributed by atoms with E-state index in [0.717, 1.165) is 71.7 Å². The van der Waals surface area contributed by atoms with Gasteiger partial charge in [0, 0.05) is 63.9 Å². The third-order valence-electron chi connectivity index (χ3n) is 14.1. The van der Waals surface area contributed by atoms with Crippen molar-refractivity contribution in [3.8, 4) is 45.5 Å². The van der Waals surface area contributed by atoms with E-state index in [0.29, 0.717) is 17.5 Å². The molecule has 5 nitrogen and oxygen atoms in total. The van der Waals surface area contributed by atoms with Gasteiger partial charge in [-0.2, -0.15) is 0 Å². The van der Waals surface area contributed by atoms with E-state index >= 15 is 0 Å². The second kappa shape index (κ2) is 14.8. The van der Waals surface area contributed by atoms with Gasteiger partial charge in [-0.05, 0) is 87.6 Å². The summed E-state index contributed by atoms with van der Waals surface area (Å²) in [5.41, 5.74) is 9.54. The molecule has 69 heavy (non-hydrogen) atoms. The average molecular weight is 896 g/mol. The molecule has 0 spiro atoms. The molecule has 0 atom stereocenters. The first-order valence-electron chi connectivity index (χ1n) is 23.4. The summed E-state index contributed by atoms with van der Waals surface area (Å²) in [6, 6.07) is 80.8. The molecule has 0 bridgehead atoms. The summed E-state index contributed by atoms with van der Waals surface area (Å²) < 4.78 is 7.33. The lowest BCUT2D eigenvalue weighted by Crippen LogP contribution is -2.05. The molecule has 0 saturated heterocycles. The first kappa shape index (κ1) is 38.2. The molecular formula is C63H37N5S. The number of hydrogen-bond donors (Lipinski definition) is 0. The molecule has 0 aliphatic rings. The van der Waals surface area contributed by atoms with Crippen LogP contribution in [0.2, 0.25) is 0 Å². The molecule has 15 rings (SSSR count). The molecular weight excluding hydrogens is 859 g/mol. The summed E-state index contributed by atoms with van der Waals surface area (Å²) in [5, 5.41) is 14.0. The molecule has 0 aliphatic heterocycles. The highest BCUT2D eigenvalue weighted by molar-refractivity contribution is 7.26. The Labute approximate surface area is 399 Å². The summed E-state index contributed by atoms with van der Waals surface area (Å²) in [7, 11) is 0. The molecule has 0 radical (unpaired) electrons. The maximum atomic E-state index is 5.69. The smallest absolute Gasteiger partial charge is 0.166 e. The lowest BCUT2D eigenvalue weighted by Gasteiger charge is -2.19. The number of aromatic nitrogens is 5. The van der Waals surface area contributed by atoms with Gasteiger partial charge in [0.05, 0.1) is 33.3 Å². The van der Waals surface area contributed by atoms with Crippen LogP contribution in [0.15, 0.2) is 224 Å². The van der Waals surface area contributed by atoms with E-state index in [1.165, 1.54) is 52.5 Å². The highest BCUT2D eigenvalue weighted by Crippen LogP contribution is 2.50. The van der Waals surface area contributed by atoms with Crippen molar-refractivity contribution in [2.24, 2.45) is 0 Å². The fourth-order valence-corrected chi connectivity index (χ4v) is 12.3. The standard InChI is InChI=1S/C63H37N5S/c1-2-21-42(22-3-1)67-52-30-13-10-24-44(52)50-36-41(33-34-54(50)67)61-64-62(48-29-16-20-38-17-6-7-23-43(38)48)66-63(65-61)58-46-26-8-9-27-47(46)60-57(49-28-12-15-32-56(49)69-60)59(58)68-53-31-14-11-25-45(53)51-35-39-18-4-5-19-40(39)37-55(51)68/h1-37H. The molecule has 0 N–H and O–H groups in total. The van der Waals surface area contributed by atoms with Gasteiger partial charge < -0.3 is 9.13 Å². The Bertz CT molecular complexity index is 4610. The monoisotopic (exact) mass is 895 g/mol. The van der Waals surface area contributed by atoms with Crippen LogP contribution in [0.25, 0.3) is 142 Å². The lowest BCUT2D eigenvalue weighted by molar-refractivity contribution is 1.07. The highest BCUT2D eigenvalue weighted by atomic mass is 32.1. The number of thiophene rings is 1. The molecule has 320 valence electrons. The van der Waals surface area contributed by atoms with Crippen LogP contribution in [0.3, 0.4) is 0 Å². The van der Waals surface area contributed by atoms with E-state index in [9.17, 15) is 0 Å². The van der Waals surface area contributed by atoms with E-state index in [2.05, 4.69) is 234 Å². The van der Waals surface area contributed by atoms with Crippen molar-refractivity contribution in [2.45, 2.75) is 0 Å². The van der Waals surface area contributed by atoms with Gasteiger partial charge in [0.1, 0.15) is 0 Å². The summed E-state index contributed by atoms with van der Waals surface area (Å²) >= 11 is 1.86. The summed E-state index contributed by atoms with van der Waals surface area (Å²) in [6.45, 7) is 0. The van der Waals surface area contributed by atoms with Crippen LogP contribution < -0.4 is 0 Å². The van der Waals surface area contributed by atoms with E-state index in [1.54, 1.807) is 0 Å². The molecule has 15 aromatic rings. The quantitative estimate of drug-likeness (QED) is 0.173. The van der Waals surface area contributed by atoms with Gasteiger partial charge in [-0.3, -0.25) is 0 Å². The van der Waals surface area contributed by atoms with Crippen molar-refractivity contribution < 1.29 is 0 Å². The van der Waals surface area contributed by atoms with Gasteiger partial charge in [0.15, 0.2) is 17.5 Å². The predicted octanol–water partition coefficient (Wildman–Crippen LogP) is 16.9. The van der Waals surface area contributed by atoms with Crippen molar-refractivity contribution in [1.29, 1.82) is 0 Å². The van der Waals surface area contributed by atoms with Crippen molar-refractivity contribution in [3.63, 3.8) is 0 Å². The van der Waals surface area contributed by atoms with E-state index in [-0.39, 0.29) is 0 Å². The van der Waals surface area contributed by atoms with Gasteiger partial charge in [-0.1, -0.05) is 164 Å². The van der Waals surface area contributed by atoms with Gasteiger partial charge in [0.25, 0.3) is 0 Å². The minimum absolute atomic E-state index is 0.611. The van der Waals surface area contributed by atoms with Crippen molar-refractivity contribution >= 4 is 107 Å². The normalized spacial score (nSPS) is 12.1. The Morgan fingerprint density at radius 2 is 0.899 bits per heavy atom. The number of rotatable bonds is 5. The van der Waals surface area contributed by atoms with Crippen LogP contribution in [0.4, 0.5) is 0 Å². The summed E-state index contributed by atoms with van der Waals surface area (Å²) in [6.07, 6.45) is 0. The zero-order chi connectivity index (χ0) is 45.2. The fraction of sp³-hybridized carbons (Fsp3) is 0. The van der Waals surface area contributed by atoms with Crippen molar-refractivity contribution in [1.82, 2.24) is 24.1 Å². The molecule has 0 saturated carbocycles. The van der Waals surface area contributed by atoms with E-state index in [4.69, 9.17) is 15.0 Å². The Morgan fingerprint density at radius 1 is 0.333 bits per heavy atom. The second-order valence-corrected chi connectivity index (χ2v) is 18.9. The third-order valence-corrected chi connectivity index (χ3v) is 15.3. The Morgan fingerprint density at radius 3 is 1.70 bits per heavy atom. The third kappa shape index (κ3) is 5.67. The summed E-state index contributed by atoms with van der Waals surface area (Å²) in [5.74, 6) is 1.85. The van der Waals surface area contributed by atoms with Crippen LogP contribution in [-0.4, -0.2) is 24.1 Å². The van der Waals surface area contributed by atoms with Gasteiger partial charge in [-0.15, -0.1) is 11.3 Å². The minimum atomic E-state index is 0.611. The van der Waals surface area contributed by atoms with E-state index < -0.39 is 0 Å². The maximum Gasteiger partial charge on any atom is 0.166 e. The number of fused-ring (bicyclic) bond motifs is 13. The van der Waals surface area contributed by atoms with Crippen LogP contribution in [0.5, 0.6) is 0 Å². The van der Waals surface area contributed by atoms with Crippen molar-refractivity contribution in [3.05, 3.63) is 224 Å². The summed E-state index contributed by atoms with van der Waals surface area (Å²) in [4.78, 5) is 16.8. The lowest BCUT2D eigenvalue weighted by atomic mass is 9.96. The Kier molecular flexibility index (Phi) is 8.17. The van der Waals surface area contributed by atoms with E-state index in [1.807, 2.05) is 11.3 Å². The molecule has 6 heteroatoms. The van der Waals surface area contributed by atoms with Gasteiger partial charge in [0.2, 0.25) is 0 Å². The Hall–Kier alpha value is -8.97. The van der Waals surface area contributed by atoms with Gasteiger partial charge >= 0.3 is 0 Å². The number of benzene rings is 11. The molecule has 11 aromatic carbocycles. The maximum absolute atomic E-state index is 5.69. The van der Waals surface area contributed by atoms with Crippen LogP contribution in [-0.2, 0) is 0 Å². The van der Waals surface area contributed by atoms with Crippen LogP contribution >= 0.6 is 11.3 Å². The molecule has 0 fully saturated rings. The van der Waals surface area contributed by atoms with Crippen LogP contribution in [0, 0.1) is 0 Å². The molecule has 0 unspecified atom stereocenters. The number of nitrogens with zero attached hydrogens (tertiary/aromatic N) is 5. The number of para-hydroxylation sites is 3. The zero-order valence-corrected chi connectivity index (χ0v) is 37.8. The van der Waals surface area contributed by atoms with Crippen LogP contribution in [0.1, 0.15) is 0 Å². The molecule has 4 aromatic heterocycles.